The van der Waals surface area contributed by atoms with Gasteiger partial charge in [0.1, 0.15) is 0 Å². The monoisotopic (exact) mass is 349 g/mol. The molecular weight excluding hydrogens is 314 g/mol. The van der Waals surface area contributed by atoms with Crippen molar-refractivity contribution in [3.8, 4) is 0 Å². The van der Waals surface area contributed by atoms with Crippen LogP contribution in [0.2, 0.25) is 0 Å². The normalized spacial score (nSPS) is 14.2. The first-order chi connectivity index (χ1) is 11.6. The van der Waals surface area contributed by atoms with E-state index in [-0.39, 0.29) is 17.6 Å². The smallest absolute Gasteiger partial charge is 0.332 e. The third-order valence-corrected chi connectivity index (χ3v) is 3.86. The van der Waals surface area contributed by atoms with E-state index in [9.17, 15) is 9.90 Å². The standard InChI is InChI=1S/C20H35N3O2/c1-15(2)12-13-23(19(25)21-20(4,5)6)22-18(16(3)24)14-17-10-8-7-9-11-17/h7-11,15-16,18,22,24H,12-14H2,1-6H3,(H,21,25)/t16-,18+/m1/s1. The van der Waals surface area contributed by atoms with E-state index in [4.69, 9.17) is 0 Å². The number of carbonyl (C=O) groups excluding carboxylic acids is 1. The number of urea groups is 1. The van der Waals surface area contributed by atoms with Crippen LogP contribution in [-0.2, 0) is 6.42 Å². The first-order valence-electron chi connectivity index (χ1n) is 9.16. The van der Waals surface area contributed by atoms with E-state index < -0.39 is 6.10 Å². The summed E-state index contributed by atoms with van der Waals surface area (Å²) in [7, 11) is 0. The quantitative estimate of drug-likeness (QED) is 0.631. The lowest BCUT2D eigenvalue weighted by molar-refractivity contribution is 0.0844. The Bertz CT molecular complexity index is 509. The summed E-state index contributed by atoms with van der Waals surface area (Å²) >= 11 is 0. The van der Waals surface area contributed by atoms with Gasteiger partial charge >= 0.3 is 6.03 Å². The molecule has 5 heteroatoms. The van der Waals surface area contributed by atoms with Crippen molar-refractivity contribution >= 4 is 6.03 Å². The van der Waals surface area contributed by atoms with E-state index in [1.54, 1.807) is 11.9 Å². The van der Waals surface area contributed by atoms with E-state index in [1.807, 2.05) is 51.1 Å². The molecule has 2 atom stereocenters. The number of benzene rings is 1. The molecule has 0 spiro atoms. The van der Waals surface area contributed by atoms with Gasteiger partial charge in [0.25, 0.3) is 0 Å². The summed E-state index contributed by atoms with van der Waals surface area (Å²) in [5.41, 5.74) is 4.07. The van der Waals surface area contributed by atoms with Crippen LogP contribution in [0, 0.1) is 5.92 Å². The molecule has 3 N–H and O–H groups in total. The van der Waals surface area contributed by atoms with Crippen LogP contribution in [0.4, 0.5) is 4.79 Å². The molecule has 5 nitrogen and oxygen atoms in total. The van der Waals surface area contributed by atoms with Crippen molar-refractivity contribution in [3.63, 3.8) is 0 Å². The molecule has 0 aliphatic heterocycles. The number of amides is 2. The van der Waals surface area contributed by atoms with Gasteiger partial charge in [-0.05, 0) is 52.0 Å². The molecule has 0 aliphatic rings. The maximum Gasteiger partial charge on any atom is 0.332 e. The average molecular weight is 350 g/mol. The van der Waals surface area contributed by atoms with Crippen molar-refractivity contribution in [2.24, 2.45) is 5.92 Å². The molecule has 0 fully saturated rings. The number of nitrogens with zero attached hydrogens (tertiary/aromatic N) is 1. The number of nitrogens with one attached hydrogen (secondary N) is 2. The highest BCUT2D eigenvalue weighted by molar-refractivity contribution is 5.74. The van der Waals surface area contributed by atoms with Crippen LogP contribution < -0.4 is 10.7 Å². The van der Waals surface area contributed by atoms with Gasteiger partial charge in [-0.2, -0.15) is 0 Å². The van der Waals surface area contributed by atoms with Crippen molar-refractivity contribution in [2.45, 2.75) is 72.1 Å². The minimum Gasteiger partial charge on any atom is -0.392 e. The number of hydrogen-bond donors (Lipinski definition) is 3. The van der Waals surface area contributed by atoms with Gasteiger partial charge in [-0.25, -0.2) is 10.2 Å². The van der Waals surface area contributed by atoms with Crippen LogP contribution in [0.3, 0.4) is 0 Å². The van der Waals surface area contributed by atoms with Crippen molar-refractivity contribution in [2.75, 3.05) is 6.54 Å². The number of rotatable bonds is 8. The van der Waals surface area contributed by atoms with E-state index in [0.717, 1.165) is 12.0 Å². The van der Waals surface area contributed by atoms with Crippen LogP contribution in [0.5, 0.6) is 0 Å². The number of hydrogen-bond acceptors (Lipinski definition) is 3. The summed E-state index contributed by atoms with van der Waals surface area (Å²) in [6, 6.07) is 9.61. The molecule has 0 heterocycles. The highest BCUT2D eigenvalue weighted by Gasteiger charge is 2.24. The largest absolute Gasteiger partial charge is 0.392 e. The van der Waals surface area contributed by atoms with E-state index in [0.29, 0.717) is 18.9 Å². The molecule has 1 aromatic rings. The van der Waals surface area contributed by atoms with Gasteiger partial charge in [0.2, 0.25) is 0 Å². The van der Waals surface area contributed by atoms with Gasteiger partial charge in [0, 0.05) is 12.1 Å². The zero-order chi connectivity index (χ0) is 19.0. The molecule has 0 unspecified atom stereocenters. The summed E-state index contributed by atoms with van der Waals surface area (Å²) < 4.78 is 0. The molecule has 142 valence electrons. The molecule has 25 heavy (non-hydrogen) atoms. The molecule has 0 saturated heterocycles. The lowest BCUT2D eigenvalue weighted by Gasteiger charge is -2.33. The first-order valence-corrected chi connectivity index (χ1v) is 9.16. The maximum absolute atomic E-state index is 12.7. The Labute approximate surface area is 152 Å². The number of carbonyl (C=O) groups is 1. The Morgan fingerprint density at radius 2 is 1.76 bits per heavy atom. The van der Waals surface area contributed by atoms with Gasteiger partial charge in [-0.3, -0.25) is 5.01 Å². The van der Waals surface area contributed by atoms with Gasteiger partial charge in [0.05, 0.1) is 12.1 Å². The van der Waals surface area contributed by atoms with Crippen LogP contribution in [0.25, 0.3) is 0 Å². The Hall–Kier alpha value is -1.59. The second kappa shape index (κ2) is 9.78. The summed E-state index contributed by atoms with van der Waals surface area (Å²) in [6.45, 7) is 12.5. The molecule has 0 saturated carbocycles. The fraction of sp³-hybridized carbons (Fsp3) is 0.650. The van der Waals surface area contributed by atoms with Crippen molar-refractivity contribution in [3.05, 3.63) is 35.9 Å². The molecular formula is C20H35N3O2. The maximum atomic E-state index is 12.7. The average Bonchev–Trinajstić information content (AvgIpc) is 2.49. The molecule has 2 amide bonds. The van der Waals surface area contributed by atoms with Crippen molar-refractivity contribution in [1.29, 1.82) is 0 Å². The predicted molar refractivity (Wildman–Crippen MR) is 103 cm³/mol. The second-order valence-corrected chi connectivity index (χ2v) is 8.18. The molecule has 0 radical (unpaired) electrons. The first kappa shape index (κ1) is 21.5. The minimum absolute atomic E-state index is 0.160. The fourth-order valence-corrected chi connectivity index (χ4v) is 2.39. The van der Waals surface area contributed by atoms with Crippen LogP contribution in [-0.4, -0.2) is 40.4 Å². The Morgan fingerprint density at radius 1 is 1.16 bits per heavy atom. The third-order valence-electron chi connectivity index (χ3n) is 3.86. The summed E-state index contributed by atoms with van der Waals surface area (Å²) in [6.07, 6.45) is 0.964. The summed E-state index contributed by atoms with van der Waals surface area (Å²) in [5, 5.41) is 14.8. The number of hydrazine groups is 1. The predicted octanol–water partition coefficient (Wildman–Crippen LogP) is 3.34. The highest BCUT2D eigenvalue weighted by Crippen LogP contribution is 2.09. The zero-order valence-electron chi connectivity index (χ0n) is 16.5. The Balaban J connectivity index is 2.84. The molecule has 0 aromatic heterocycles. The van der Waals surface area contributed by atoms with Crippen LogP contribution in [0.1, 0.15) is 53.5 Å². The lowest BCUT2D eigenvalue weighted by atomic mass is 10.0. The highest BCUT2D eigenvalue weighted by atomic mass is 16.3. The van der Waals surface area contributed by atoms with Gasteiger partial charge < -0.3 is 10.4 Å². The SMILES string of the molecule is CC(C)CCN(N[C@@H](Cc1ccccc1)[C@@H](C)O)C(=O)NC(C)(C)C. The molecule has 0 aliphatic carbocycles. The minimum atomic E-state index is -0.579. The van der Waals surface area contributed by atoms with Crippen LogP contribution >= 0.6 is 0 Å². The topological polar surface area (TPSA) is 64.6 Å². The third kappa shape index (κ3) is 8.89. The Kier molecular flexibility index (Phi) is 8.39. The van der Waals surface area contributed by atoms with Gasteiger partial charge in [0.15, 0.2) is 0 Å². The van der Waals surface area contributed by atoms with Crippen molar-refractivity contribution in [1.82, 2.24) is 15.8 Å². The van der Waals surface area contributed by atoms with Gasteiger partial charge in [-0.1, -0.05) is 44.2 Å². The van der Waals surface area contributed by atoms with Crippen LogP contribution in [0.15, 0.2) is 30.3 Å². The van der Waals surface area contributed by atoms with E-state index in [2.05, 4.69) is 24.6 Å². The number of aliphatic hydroxyl groups excluding tert-OH is 1. The van der Waals surface area contributed by atoms with Crippen molar-refractivity contribution < 1.29 is 9.90 Å². The molecule has 1 aromatic carbocycles. The molecule has 1 rings (SSSR count). The number of aliphatic hydroxyl groups is 1. The second-order valence-electron chi connectivity index (χ2n) is 8.18. The Morgan fingerprint density at radius 3 is 2.24 bits per heavy atom. The fourth-order valence-electron chi connectivity index (χ4n) is 2.39. The van der Waals surface area contributed by atoms with E-state index in [1.165, 1.54) is 0 Å². The van der Waals surface area contributed by atoms with Gasteiger partial charge in [-0.15, -0.1) is 0 Å². The van der Waals surface area contributed by atoms with E-state index >= 15 is 0 Å². The lowest BCUT2D eigenvalue weighted by Crippen LogP contribution is -2.58. The summed E-state index contributed by atoms with van der Waals surface area (Å²) in [4.78, 5) is 12.7. The summed E-state index contributed by atoms with van der Waals surface area (Å²) in [5.74, 6) is 0.492. The zero-order valence-corrected chi connectivity index (χ0v) is 16.5. The molecule has 0 bridgehead atoms.